The van der Waals surface area contributed by atoms with Crippen molar-refractivity contribution in [3.8, 4) is 0 Å². The summed E-state index contributed by atoms with van der Waals surface area (Å²) in [5, 5.41) is 9.95. The van der Waals surface area contributed by atoms with E-state index >= 15 is 0 Å². The molecule has 9 heteroatoms. The first kappa shape index (κ1) is 22.2. The minimum Gasteiger partial charge on any atom is -0.367 e. The Labute approximate surface area is 175 Å². The quantitative estimate of drug-likeness (QED) is 0.243. The smallest absolute Gasteiger partial charge is 0.311 e. The van der Waals surface area contributed by atoms with Crippen LogP contribution in [0.25, 0.3) is 0 Å². The number of hydrogen-bond donors (Lipinski definition) is 1. The van der Waals surface area contributed by atoms with Crippen LogP contribution in [0.15, 0.2) is 60.7 Å². The first-order chi connectivity index (χ1) is 13.9. The van der Waals surface area contributed by atoms with Crippen LogP contribution in [0.3, 0.4) is 0 Å². The molecule has 1 aliphatic heterocycles. The van der Waals surface area contributed by atoms with Gasteiger partial charge < -0.3 is 9.84 Å². The highest BCUT2D eigenvalue weighted by Gasteiger charge is 2.57. The Bertz CT molecular complexity index is 731. The van der Waals surface area contributed by atoms with Crippen LogP contribution in [-0.2, 0) is 37.5 Å². The van der Waals surface area contributed by atoms with Crippen LogP contribution >= 0.6 is 15.9 Å². The summed E-state index contributed by atoms with van der Waals surface area (Å²) in [6.45, 7) is -0.0148. The van der Waals surface area contributed by atoms with Gasteiger partial charge in [-0.25, -0.2) is 19.6 Å². The monoisotopic (exact) mass is 474 g/mol. The second-order valence-electron chi connectivity index (χ2n) is 6.47. The Morgan fingerprint density at radius 3 is 2.00 bits per heavy atom. The number of ether oxygens (including phenoxy) is 1. The van der Waals surface area contributed by atoms with Crippen molar-refractivity contribution in [2.75, 3.05) is 6.61 Å². The molecule has 0 saturated carbocycles. The summed E-state index contributed by atoms with van der Waals surface area (Å²) >= 11 is 2.28. The molecule has 1 saturated heterocycles. The van der Waals surface area contributed by atoms with E-state index in [1.54, 1.807) is 12.1 Å². The number of aliphatic hydroxyl groups is 1. The first-order valence-electron chi connectivity index (χ1n) is 8.96. The van der Waals surface area contributed by atoms with Crippen molar-refractivity contribution in [2.45, 2.75) is 36.5 Å². The summed E-state index contributed by atoms with van der Waals surface area (Å²) in [6.07, 6.45) is -4.08. The normalized spacial score (nSPS) is 24.7. The van der Waals surface area contributed by atoms with E-state index in [9.17, 15) is 13.9 Å². The van der Waals surface area contributed by atoms with Gasteiger partial charge in [0.1, 0.15) is 37.9 Å². The average Bonchev–Trinajstić information content (AvgIpc) is 3.02. The predicted octanol–water partition coefficient (Wildman–Crippen LogP) is 3.97. The number of hydrogen-bond acceptors (Lipinski definition) is 6. The highest BCUT2D eigenvalue weighted by Crippen LogP contribution is 2.43. The molecular formula is C20H21BrF2O6. The zero-order chi connectivity index (χ0) is 20.7. The van der Waals surface area contributed by atoms with E-state index in [2.05, 4.69) is 15.9 Å². The largest absolute Gasteiger partial charge is 0.367 e. The average molecular weight is 475 g/mol. The summed E-state index contributed by atoms with van der Waals surface area (Å²) in [6, 6.07) is 18.4. The highest BCUT2D eigenvalue weighted by molar-refractivity contribution is 9.10. The molecule has 6 nitrogen and oxygen atoms in total. The van der Waals surface area contributed by atoms with Gasteiger partial charge in [-0.1, -0.05) is 60.7 Å². The van der Waals surface area contributed by atoms with Crippen molar-refractivity contribution in [2.24, 2.45) is 5.92 Å². The molecule has 158 valence electrons. The van der Waals surface area contributed by atoms with Gasteiger partial charge in [-0.15, -0.1) is 0 Å². The molecule has 0 unspecified atom stereocenters. The SMILES string of the molecule is O[C@H]1O[C@H](COOCc2ccccc2)[C@@H](OOCc2ccccc2)[C@@H]1C(F)(F)Br. The number of alkyl halides is 3. The van der Waals surface area contributed by atoms with E-state index in [1.165, 1.54) is 0 Å². The number of aliphatic hydroxyl groups excluding tert-OH is 1. The predicted molar refractivity (Wildman–Crippen MR) is 102 cm³/mol. The molecule has 4 atom stereocenters. The number of benzene rings is 2. The maximum atomic E-state index is 13.9. The van der Waals surface area contributed by atoms with Gasteiger partial charge in [-0.05, 0) is 27.1 Å². The third-order valence-electron chi connectivity index (χ3n) is 4.35. The topological polar surface area (TPSA) is 66.4 Å². The van der Waals surface area contributed by atoms with E-state index in [-0.39, 0.29) is 19.8 Å². The minimum absolute atomic E-state index is 0.0477. The van der Waals surface area contributed by atoms with Gasteiger partial charge in [0.15, 0.2) is 6.29 Å². The van der Waals surface area contributed by atoms with Gasteiger partial charge in [0.25, 0.3) is 0 Å². The molecule has 3 rings (SSSR count). The third-order valence-corrected chi connectivity index (χ3v) is 4.88. The minimum atomic E-state index is -3.44. The molecule has 0 radical (unpaired) electrons. The first-order valence-corrected chi connectivity index (χ1v) is 9.75. The molecule has 0 amide bonds. The third kappa shape index (κ3) is 6.51. The van der Waals surface area contributed by atoms with Crippen LogP contribution in [0.1, 0.15) is 11.1 Å². The van der Waals surface area contributed by atoms with Crippen molar-refractivity contribution in [1.29, 1.82) is 0 Å². The van der Waals surface area contributed by atoms with Crippen molar-refractivity contribution < 1.29 is 38.2 Å². The van der Waals surface area contributed by atoms with Crippen LogP contribution in [0.2, 0.25) is 0 Å². The molecular weight excluding hydrogens is 454 g/mol. The van der Waals surface area contributed by atoms with Crippen molar-refractivity contribution in [1.82, 2.24) is 0 Å². The molecule has 1 heterocycles. The molecule has 1 N–H and O–H groups in total. The summed E-state index contributed by atoms with van der Waals surface area (Å²) in [5.74, 6) is -1.69. The Hall–Kier alpha value is -1.46. The Kier molecular flexibility index (Phi) is 8.07. The van der Waals surface area contributed by atoms with Gasteiger partial charge in [-0.3, -0.25) is 0 Å². The van der Waals surface area contributed by atoms with E-state index in [0.29, 0.717) is 0 Å². The molecule has 1 aliphatic rings. The van der Waals surface area contributed by atoms with Crippen molar-refractivity contribution in [3.05, 3.63) is 71.8 Å². The van der Waals surface area contributed by atoms with Gasteiger partial charge in [0.2, 0.25) is 0 Å². The van der Waals surface area contributed by atoms with Gasteiger partial charge in [-0.2, -0.15) is 8.78 Å². The lowest BCUT2D eigenvalue weighted by Crippen LogP contribution is -2.41. The summed E-state index contributed by atoms with van der Waals surface area (Å²) in [5.41, 5.74) is 1.68. The highest BCUT2D eigenvalue weighted by atomic mass is 79.9. The zero-order valence-corrected chi connectivity index (χ0v) is 16.9. The van der Waals surface area contributed by atoms with E-state index < -0.39 is 29.2 Å². The molecule has 29 heavy (non-hydrogen) atoms. The second kappa shape index (κ2) is 10.5. The maximum Gasteiger partial charge on any atom is 0.311 e. The molecule has 1 fully saturated rings. The summed E-state index contributed by atoms with van der Waals surface area (Å²) < 4.78 is 33.1. The number of rotatable bonds is 10. The molecule has 0 aliphatic carbocycles. The molecule has 0 spiro atoms. The van der Waals surface area contributed by atoms with E-state index in [1.807, 2.05) is 48.5 Å². The van der Waals surface area contributed by atoms with Crippen molar-refractivity contribution >= 4 is 15.9 Å². The van der Waals surface area contributed by atoms with Crippen LogP contribution in [0, 0.1) is 5.92 Å². The lowest BCUT2D eigenvalue weighted by molar-refractivity contribution is -0.363. The fraction of sp³-hybridized carbons (Fsp3) is 0.400. The summed E-state index contributed by atoms with van der Waals surface area (Å²) in [7, 11) is 0. The lowest BCUT2D eigenvalue weighted by atomic mass is 10.0. The van der Waals surface area contributed by atoms with Crippen LogP contribution < -0.4 is 0 Å². The standard InChI is InChI=1S/C20H21BrF2O6/c21-20(22,23)17-18(29-27-12-15-9-5-2-6-10-15)16(28-19(17)24)13-26-25-11-14-7-3-1-4-8-14/h1-10,16-19,24H,11-13H2/t16-,17+,18-,19+/m1/s1. The van der Waals surface area contributed by atoms with Crippen LogP contribution in [-0.4, -0.2) is 35.0 Å². The maximum absolute atomic E-state index is 13.9. The summed E-state index contributed by atoms with van der Waals surface area (Å²) in [4.78, 5) is 17.1. The second-order valence-corrected chi connectivity index (χ2v) is 7.53. The van der Waals surface area contributed by atoms with Gasteiger partial charge >= 0.3 is 4.83 Å². The Morgan fingerprint density at radius 2 is 1.45 bits per heavy atom. The zero-order valence-electron chi connectivity index (χ0n) is 15.3. The Morgan fingerprint density at radius 1 is 0.897 bits per heavy atom. The van der Waals surface area contributed by atoms with E-state index in [0.717, 1.165) is 11.1 Å². The number of halogens is 3. The fourth-order valence-electron chi connectivity index (χ4n) is 2.89. The lowest BCUT2D eigenvalue weighted by Gasteiger charge is -2.25. The van der Waals surface area contributed by atoms with Gasteiger partial charge in [0.05, 0.1) is 0 Å². The van der Waals surface area contributed by atoms with Crippen LogP contribution in [0.4, 0.5) is 8.78 Å². The fourth-order valence-corrected chi connectivity index (χ4v) is 3.38. The van der Waals surface area contributed by atoms with E-state index in [4.69, 9.17) is 24.3 Å². The molecule has 2 aromatic rings. The molecule has 0 aromatic heterocycles. The molecule has 2 aromatic carbocycles. The Balaban J connectivity index is 1.54. The van der Waals surface area contributed by atoms with Crippen molar-refractivity contribution in [3.63, 3.8) is 0 Å². The van der Waals surface area contributed by atoms with Crippen LogP contribution in [0.5, 0.6) is 0 Å². The van der Waals surface area contributed by atoms with Gasteiger partial charge in [0, 0.05) is 0 Å². The molecule has 0 bridgehead atoms.